The van der Waals surface area contributed by atoms with E-state index in [1.807, 2.05) is 31.2 Å². The molecule has 0 unspecified atom stereocenters. The van der Waals surface area contributed by atoms with E-state index in [2.05, 4.69) is 15.1 Å². The summed E-state index contributed by atoms with van der Waals surface area (Å²) in [5.41, 5.74) is 10.3. The summed E-state index contributed by atoms with van der Waals surface area (Å²) in [4.78, 5) is 32.6. The highest BCUT2D eigenvalue weighted by atomic mass is 16.5. The minimum Gasteiger partial charge on any atom is -0.478 e. The number of ether oxygens (including phenoxy) is 1. The van der Waals surface area contributed by atoms with Crippen molar-refractivity contribution in [3.05, 3.63) is 77.6 Å². The van der Waals surface area contributed by atoms with Crippen LogP contribution in [-0.2, 0) is 0 Å². The molecule has 0 spiro atoms. The van der Waals surface area contributed by atoms with Crippen LogP contribution in [0, 0.1) is 6.92 Å². The van der Waals surface area contributed by atoms with Crippen molar-refractivity contribution in [2.45, 2.75) is 13.8 Å². The standard InChI is InChI=1S/C25H19N5O4/c1-13-3-8-20-16(9-13)10-17(11-27-20)19-12-28-30-22(26)21(14(2)31)24(29-23(19)30)34-18-6-4-15(5-7-18)25(32)33/h3-12H,26H2,1-2H3,(H,32,33). The van der Waals surface area contributed by atoms with Gasteiger partial charge in [0, 0.05) is 22.7 Å². The van der Waals surface area contributed by atoms with Gasteiger partial charge in [-0.25, -0.2) is 4.79 Å². The van der Waals surface area contributed by atoms with Crippen LogP contribution in [0.1, 0.15) is 33.2 Å². The van der Waals surface area contributed by atoms with Crippen molar-refractivity contribution in [1.82, 2.24) is 19.6 Å². The van der Waals surface area contributed by atoms with Crippen molar-refractivity contribution >= 4 is 34.1 Å². The molecular weight excluding hydrogens is 434 g/mol. The van der Waals surface area contributed by atoms with Crippen molar-refractivity contribution < 1.29 is 19.4 Å². The van der Waals surface area contributed by atoms with Gasteiger partial charge in [0.15, 0.2) is 11.4 Å². The first-order valence-corrected chi connectivity index (χ1v) is 10.4. The number of aromatic carboxylic acids is 1. The Morgan fingerprint density at radius 2 is 1.82 bits per heavy atom. The molecular formula is C25H19N5O4. The third-order valence-corrected chi connectivity index (χ3v) is 5.47. The molecule has 3 N–H and O–H groups in total. The number of aryl methyl sites for hydroxylation is 1. The predicted molar refractivity (Wildman–Crippen MR) is 126 cm³/mol. The van der Waals surface area contributed by atoms with E-state index in [-0.39, 0.29) is 28.6 Å². The van der Waals surface area contributed by atoms with Gasteiger partial charge in [0.1, 0.15) is 17.1 Å². The molecule has 0 atom stereocenters. The van der Waals surface area contributed by atoms with Crippen LogP contribution in [-0.4, -0.2) is 36.4 Å². The highest BCUT2D eigenvalue weighted by molar-refractivity contribution is 6.01. The number of carbonyl (C=O) groups excluding carboxylic acids is 1. The van der Waals surface area contributed by atoms with Crippen LogP contribution in [0.2, 0.25) is 0 Å². The predicted octanol–water partition coefficient (Wildman–Crippen LogP) is 4.53. The van der Waals surface area contributed by atoms with Crippen LogP contribution in [0.25, 0.3) is 27.7 Å². The van der Waals surface area contributed by atoms with Gasteiger partial charge in [0.2, 0.25) is 5.88 Å². The van der Waals surface area contributed by atoms with Gasteiger partial charge in [-0.1, -0.05) is 11.6 Å². The molecule has 3 aromatic heterocycles. The number of carbonyl (C=O) groups is 2. The Bertz CT molecular complexity index is 1610. The number of Topliss-reactive ketones (excluding diaryl/α,β-unsaturated/α-hetero) is 1. The van der Waals surface area contributed by atoms with Gasteiger partial charge in [0.05, 0.1) is 17.3 Å². The van der Waals surface area contributed by atoms with E-state index in [9.17, 15) is 9.59 Å². The molecule has 0 aliphatic carbocycles. The fraction of sp³-hybridized carbons (Fsp3) is 0.0800. The van der Waals surface area contributed by atoms with Crippen LogP contribution in [0.5, 0.6) is 11.6 Å². The molecule has 0 saturated heterocycles. The number of nitrogen functional groups attached to an aromatic ring is 1. The van der Waals surface area contributed by atoms with Gasteiger partial charge < -0.3 is 15.6 Å². The van der Waals surface area contributed by atoms with Crippen molar-refractivity contribution in [2.75, 3.05) is 5.73 Å². The molecule has 0 radical (unpaired) electrons. The number of pyridine rings is 1. The molecule has 0 saturated carbocycles. The third kappa shape index (κ3) is 3.58. The van der Waals surface area contributed by atoms with E-state index < -0.39 is 5.97 Å². The van der Waals surface area contributed by atoms with Crippen molar-refractivity contribution in [2.24, 2.45) is 0 Å². The number of carboxylic acids is 1. The molecule has 5 rings (SSSR count). The highest BCUT2D eigenvalue weighted by Crippen LogP contribution is 2.33. The van der Waals surface area contributed by atoms with E-state index in [4.69, 9.17) is 15.6 Å². The maximum absolute atomic E-state index is 12.4. The third-order valence-electron chi connectivity index (χ3n) is 5.47. The first-order valence-electron chi connectivity index (χ1n) is 10.4. The summed E-state index contributed by atoms with van der Waals surface area (Å²) in [6, 6.07) is 13.8. The summed E-state index contributed by atoms with van der Waals surface area (Å²) in [6.45, 7) is 3.37. The Hall–Kier alpha value is -4.79. The number of nitrogens with two attached hydrogens (primary N) is 1. The Morgan fingerprint density at radius 1 is 1.06 bits per heavy atom. The SMILES string of the molecule is CC(=O)c1c(Oc2ccc(C(=O)O)cc2)nc2c(-c3cnc4ccc(C)cc4c3)cnn2c1N. The number of hydrogen-bond acceptors (Lipinski definition) is 7. The fourth-order valence-corrected chi connectivity index (χ4v) is 3.78. The smallest absolute Gasteiger partial charge is 0.335 e. The zero-order chi connectivity index (χ0) is 24.0. The normalized spacial score (nSPS) is 11.1. The quantitative estimate of drug-likeness (QED) is 0.371. The minimum atomic E-state index is -1.05. The summed E-state index contributed by atoms with van der Waals surface area (Å²) < 4.78 is 7.27. The lowest BCUT2D eigenvalue weighted by Crippen LogP contribution is -2.11. The largest absolute Gasteiger partial charge is 0.478 e. The van der Waals surface area contributed by atoms with Gasteiger partial charge in [-0.2, -0.15) is 14.6 Å². The second-order valence-electron chi connectivity index (χ2n) is 7.88. The van der Waals surface area contributed by atoms with E-state index in [0.29, 0.717) is 17.0 Å². The molecule has 34 heavy (non-hydrogen) atoms. The maximum Gasteiger partial charge on any atom is 0.335 e. The Balaban J connectivity index is 1.65. The number of aromatic nitrogens is 4. The number of nitrogens with zero attached hydrogens (tertiary/aromatic N) is 4. The molecule has 3 heterocycles. The molecule has 5 aromatic rings. The van der Waals surface area contributed by atoms with Gasteiger partial charge in [-0.3, -0.25) is 9.78 Å². The number of fused-ring (bicyclic) bond motifs is 2. The van der Waals surface area contributed by atoms with E-state index >= 15 is 0 Å². The molecule has 9 heteroatoms. The molecule has 0 fully saturated rings. The number of benzene rings is 2. The summed E-state index contributed by atoms with van der Waals surface area (Å²) in [6.07, 6.45) is 3.35. The average Bonchev–Trinajstić information content (AvgIpc) is 3.23. The van der Waals surface area contributed by atoms with Crippen molar-refractivity contribution in [3.8, 4) is 22.8 Å². The Morgan fingerprint density at radius 3 is 2.53 bits per heavy atom. The van der Waals surface area contributed by atoms with Crippen LogP contribution >= 0.6 is 0 Å². The lowest BCUT2D eigenvalue weighted by Gasteiger charge is -2.12. The summed E-state index contributed by atoms with van der Waals surface area (Å²) in [7, 11) is 0. The Kier molecular flexibility index (Phi) is 4.94. The van der Waals surface area contributed by atoms with E-state index in [1.54, 1.807) is 12.4 Å². The number of anilines is 1. The molecule has 9 nitrogen and oxygen atoms in total. The number of ketones is 1. The molecule has 2 aromatic carbocycles. The second kappa shape index (κ2) is 7.96. The average molecular weight is 453 g/mol. The Labute approximate surface area is 193 Å². The zero-order valence-electron chi connectivity index (χ0n) is 18.3. The lowest BCUT2D eigenvalue weighted by molar-refractivity contribution is 0.0696. The summed E-state index contributed by atoms with van der Waals surface area (Å²) >= 11 is 0. The number of rotatable bonds is 5. The second-order valence-corrected chi connectivity index (χ2v) is 7.88. The summed E-state index contributed by atoms with van der Waals surface area (Å²) in [5, 5.41) is 14.4. The van der Waals surface area contributed by atoms with Gasteiger partial charge in [-0.15, -0.1) is 0 Å². The van der Waals surface area contributed by atoms with Crippen LogP contribution in [0.3, 0.4) is 0 Å². The molecule has 0 bridgehead atoms. The first kappa shape index (κ1) is 21.1. The summed E-state index contributed by atoms with van der Waals surface area (Å²) in [5.74, 6) is -0.989. The van der Waals surface area contributed by atoms with Crippen molar-refractivity contribution in [1.29, 1.82) is 0 Å². The lowest BCUT2D eigenvalue weighted by atomic mass is 10.1. The van der Waals surface area contributed by atoms with Crippen LogP contribution in [0.15, 0.2) is 60.9 Å². The first-order chi connectivity index (χ1) is 16.3. The highest BCUT2D eigenvalue weighted by Gasteiger charge is 2.22. The molecule has 0 aliphatic rings. The molecule has 0 amide bonds. The number of carboxylic acid groups (broad SMARTS) is 1. The van der Waals surface area contributed by atoms with Crippen LogP contribution in [0.4, 0.5) is 5.82 Å². The maximum atomic E-state index is 12.4. The van der Waals surface area contributed by atoms with Gasteiger partial charge >= 0.3 is 5.97 Å². The van der Waals surface area contributed by atoms with E-state index in [1.165, 1.54) is 35.7 Å². The monoisotopic (exact) mass is 453 g/mol. The molecule has 168 valence electrons. The van der Waals surface area contributed by atoms with Crippen molar-refractivity contribution in [3.63, 3.8) is 0 Å². The minimum absolute atomic E-state index is 0.00641. The van der Waals surface area contributed by atoms with Gasteiger partial charge in [-0.05, 0) is 56.3 Å². The fourth-order valence-electron chi connectivity index (χ4n) is 3.78. The number of hydrogen-bond donors (Lipinski definition) is 2. The molecule has 0 aliphatic heterocycles. The van der Waals surface area contributed by atoms with Crippen LogP contribution < -0.4 is 10.5 Å². The van der Waals surface area contributed by atoms with Gasteiger partial charge in [0.25, 0.3) is 0 Å². The van der Waals surface area contributed by atoms with E-state index in [0.717, 1.165) is 22.0 Å². The zero-order valence-corrected chi connectivity index (χ0v) is 18.3. The topological polar surface area (TPSA) is 133 Å².